The van der Waals surface area contributed by atoms with Crippen LogP contribution in [0.1, 0.15) is 31.7 Å². The molecule has 5 nitrogen and oxygen atoms in total. The molecule has 1 spiro atoms. The summed E-state index contributed by atoms with van der Waals surface area (Å²) in [7, 11) is 0. The average Bonchev–Trinajstić information content (AvgIpc) is 2.46. The van der Waals surface area contributed by atoms with E-state index in [2.05, 4.69) is 4.98 Å². The predicted octanol–water partition coefficient (Wildman–Crippen LogP) is 2.40. The van der Waals surface area contributed by atoms with Gasteiger partial charge in [0.2, 0.25) is 0 Å². The summed E-state index contributed by atoms with van der Waals surface area (Å²) in [5, 5.41) is 0.277. The van der Waals surface area contributed by atoms with E-state index in [9.17, 15) is 4.79 Å². The average molecular weight is 411 g/mol. The molecule has 3 heterocycles. The zero-order chi connectivity index (χ0) is 14.2. The van der Waals surface area contributed by atoms with E-state index in [1.165, 1.54) is 0 Å². The van der Waals surface area contributed by atoms with Gasteiger partial charge in [-0.15, -0.1) is 0 Å². The first kappa shape index (κ1) is 14.7. The standard InChI is InChI=1S/C13H16ClIN2O3/c14-11-10(15)12(18)17(8-16-11)9-1-4-20-13(7-9)2-5-19-6-3-13/h8-9H,1-7H2. The number of rotatable bonds is 1. The van der Waals surface area contributed by atoms with Gasteiger partial charge in [0.1, 0.15) is 8.72 Å². The molecule has 2 saturated heterocycles. The monoisotopic (exact) mass is 410 g/mol. The van der Waals surface area contributed by atoms with E-state index in [1.807, 2.05) is 22.6 Å². The third kappa shape index (κ3) is 2.75. The molecule has 0 aromatic carbocycles. The largest absolute Gasteiger partial charge is 0.381 e. The number of aromatic nitrogens is 2. The molecule has 0 aliphatic carbocycles. The van der Waals surface area contributed by atoms with Crippen molar-refractivity contribution in [2.75, 3.05) is 19.8 Å². The maximum atomic E-state index is 12.3. The summed E-state index contributed by atoms with van der Waals surface area (Å²) in [6.07, 6.45) is 5.04. The van der Waals surface area contributed by atoms with Crippen molar-refractivity contribution in [2.24, 2.45) is 0 Å². The van der Waals surface area contributed by atoms with E-state index in [0.717, 1.165) is 38.9 Å². The minimum Gasteiger partial charge on any atom is -0.381 e. The smallest absolute Gasteiger partial charge is 0.268 e. The molecule has 1 aromatic rings. The van der Waals surface area contributed by atoms with E-state index >= 15 is 0 Å². The molecular formula is C13H16ClIN2O3. The SMILES string of the molecule is O=c1c(I)c(Cl)ncn1C1CCOC2(CCOCC2)C1. The van der Waals surface area contributed by atoms with Crippen molar-refractivity contribution in [1.82, 2.24) is 9.55 Å². The quantitative estimate of drug-likeness (QED) is 0.527. The summed E-state index contributed by atoms with van der Waals surface area (Å²) in [5.41, 5.74) is -0.189. The van der Waals surface area contributed by atoms with E-state index in [1.54, 1.807) is 10.9 Å². The van der Waals surface area contributed by atoms with Crippen LogP contribution >= 0.6 is 34.2 Å². The van der Waals surface area contributed by atoms with Crippen LogP contribution in [0.5, 0.6) is 0 Å². The van der Waals surface area contributed by atoms with Gasteiger partial charge in [0.15, 0.2) is 0 Å². The van der Waals surface area contributed by atoms with Crippen molar-refractivity contribution < 1.29 is 9.47 Å². The zero-order valence-corrected chi connectivity index (χ0v) is 13.9. The van der Waals surface area contributed by atoms with Gasteiger partial charge in [-0.2, -0.15) is 0 Å². The Kier molecular flexibility index (Phi) is 4.35. The Morgan fingerprint density at radius 3 is 2.90 bits per heavy atom. The van der Waals surface area contributed by atoms with E-state index in [4.69, 9.17) is 21.1 Å². The number of halogens is 2. The van der Waals surface area contributed by atoms with Crippen LogP contribution in [0, 0.1) is 3.57 Å². The summed E-state index contributed by atoms with van der Waals surface area (Å²) in [6.45, 7) is 2.15. The summed E-state index contributed by atoms with van der Waals surface area (Å²) in [6, 6.07) is 0.132. The Balaban J connectivity index is 1.87. The molecule has 0 saturated carbocycles. The highest BCUT2D eigenvalue weighted by molar-refractivity contribution is 14.1. The molecule has 2 aliphatic heterocycles. The second-order valence-corrected chi connectivity index (χ2v) is 6.79. The summed E-state index contributed by atoms with van der Waals surface area (Å²) < 4.78 is 13.6. The van der Waals surface area contributed by atoms with E-state index in [0.29, 0.717) is 10.2 Å². The molecule has 2 aliphatic rings. The van der Waals surface area contributed by atoms with Crippen LogP contribution in [0.15, 0.2) is 11.1 Å². The topological polar surface area (TPSA) is 53.4 Å². The van der Waals surface area contributed by atoms with Crippen LogP contribution in [0.2, 0.25) is 5.15 Å². The van der Waals surface area contributed by atoms with Gasteiger partial charge in [0.25, 0.3) is 5.56 Å². The highest BCUT2D eigenvalue weighted by Gasteiger charge is 2.39. The normalized spacial score (nSPS) is 25.8. The van der Waals surface area contributed by atoms with Gasteiger partial charge in [0, 0.05) is 25.9 Å². The molecule has 1 atom stereocenters. The van der Waals surface area contributed by atoms with Crippen LogP contribution in [-0.4, -0.2) is 35.0 Å². The molecule has 7 heteroatoms. The molecule has 2 fully saturated rings. The Morgan fingerprint density at radius 1 is 1.40 bits per heavy atom. The highest BCUT2D eigenvalue weighted by atomic mass is 127. The first-order valence-electron chi connectivity index (χ1n) is 6.75. The molecule has 0 N–H and O–H groups in total. The molecule has 0 amide bonds. The lowest BCUT2D eigenvalue weighted by atomic mass is 9.84. The van der Waals surface area contributed by atoms with E-state index < -0.39 is 0 Å². The Morgan fingerprint density at radius 2 is 2.15 bits per heavy atom. The lowest BCUT2D eigenvalue weighted by molar-refractivity contribution is -0.144. The van der Waals surface area contributed by atoms with Gasteiger partial charge >= 0.3 is 0 Å². The van der Waals surface area contributed by atoms with Crippen molar-refractivity contribution >= 4 is 34.2 Å². The predicted molar refractivity (Wildman–Crippen MR) is 83.2 cm³/mol. The van der Waals surface area contributed by atoms with Gasteiger partial charge in [-0.3, -0.25) is 9.36 Å². The Hall–Kier alpha value is -0.180. The molecule has 110 valence electrons. The third-order valence-corrected chi connectivity index (χ3v) is 5.74. The Bertz CT molecular complexity index is 552. The minimum absolute atomic E-state index is 0.0558. The lowest BCUT2D eigenvalue weighted by Gasteiger charge is -2.43. The molecule has 1 aromatic heterocycles. The maximum Gasteiger partial charge on any atom is 0.268 e. The van der Waals surface area contributed by atoms with Gasteiger partial charge in [-0.05, 0) is 48.3 Å². The first-order chi connectivity index (χ1) is 9.61. The fourth-order valence-electron chi connectivity index (χ4n) is 3.01. The summed E-state index contributed by atoms with van der Waals surface area (Å²) in [4.78, 5) is 16.4. The van der Waals surface area contributed by atoms with Crippen LogP contribution in [0.4, 0.5) is 0 Å². The van der Waals surface area contributed by atoms with Crippen molar-refractivity contribution in [3.8, 4) is 0 Å². The number of nitrogens with zero attached hydrogens (tertiary/aromatic N) is 2. The first-order valence-corrected chi connectivity index (χ1v) is 8.21. The number of hydrogen-bond donors (Lipinski definition) is 0. The fraction of sp³-hybridized carbons (Fsp3) is 0.692. The minimum atomic E-state index is -0.133. The molecular weight excluding hydrogens is 395 g/mol. The summed E-state index contributed by atoms with van der Waals surface area (Å²) in [5.74, 6) is 0. The Labute approximate surface area is 135 Å². The third-order valence-electron chi connectivity index (χ3n) is 4.16. The van der Waals surface area contributed by atoms with Crippen LogP contribution in [0.3, 0.4) is 0 Å². The fourth-order valence-corrected chi connectivity index (χ4v) is 3.56. The number of ether oxygens (including phenoxy) is 2. The van der Waals surface area contributed by atoms with Crippen molar-refractivity contribution in [3.63, 3.8) is 0 Å². The van der Waals surface area contributed by atoms with Crippen molar-refractivity contribution in [3.05, 3.63) is 25.4 Å². The molecule has 0 bridgehead atoms. The lowest BCUT2D eigenvalue weighted by Crippen LogP contribution is -2.46. The zero-order valence-electron chi connectivity index (χ0n) is 11.0. The van der Waals surface area contributed by atoms with Gasteiger partial charge in [-0.1, -0.05) is 11.6 Å². The van der Waals surface area contributed by atoms with Crippen molar-refractivity contribution in [2.45, 2.75) is 37.3 Å². The second kappa shape index (κ2) is 5.90. The molecule has 1 unspecified atom stereocenters. The van der Waals surface area contributed by atoms with Crippen LogP contribution < -0.4 is 5.56 Å². The second-order valence-electron chi connectivity index (χ2n) is 5.35. The molecule has 20 heavy (non-hydrogen) atoms. The number of hydrogen-bond acceptors (Lipinski definition) is 4. The van der Waals surface area contributed by atoms with Gasteiger partial charge < -0.3 is 9.47 Å². The van der Waals surface area contributed by atoms with E-state index in [-0.39, 0.29) is 22.4 Å². The van der Waals surface area contributed by atoms with Crippen LogP contribution in [0.25, 0.3) is 0 Å². The molecule has 3 rings (SSSR count). The maximum absolute atomic E-state index is 12.3. The van der Waals surface area contributed by atoms with Crippen molar-refractivity contribution in [1.29, 1.82) is 0 Å². The summed E-state index contributed by atoms with van der Waals surface area (Å²) >= 11 is 7.85. The van der Waals surface area contributed by atoms with Crippen LogP contribution in [-0.2, 0) is 9.47 Å². The molecule has 0 radical (unpaired) electrons. The van der Waals surface area contributed by atoms with Gasteiger partial charge in [-0.25, -0.2) is 4.98 Å². The van der Waals surface area contributed by atoms with Gasteiger partial charge in [0.05, 0.1) is 11.9 Å². The highest BCUT2D eigenvalue weighted by Crippen LogP contribution is 2.38.